The Labute approximate surface area is 140 Å². The predicted molar refractivity (Wildman–Crippen MR) is 89.3 cm³/mol. The van der Waals surface area contributed by atoms with Crippen LogP contribution >= 0.6 is 0 Å². The van der Waals surface area contributed by atoms with Gasteiger partial charge in [-0.3, -0.25) is 9.59 Å². The number of nitrogens with zero attached hydrogens (tertiary/aromatic N) is 2. The first-order valence-electron chi connectivity index (χ1n) is 7.74. The molecule has 1 amide bonds. The first-order chi connectivity index (χ1) is 11.7. The summed E-state index contributed by atoms with van der Waals surface area (Å²) in [6.45, 7) is 1.61. The highest BCUT2D eigenvalue weighted by molar-refractivity contribution is 5.91. The molecule has 2 rings (SSSR count). The minimum atomic E-state index is -0.316. The monoisotopic (exact) mass is 331 g/mol. The Morgan fingerprint density at radius 1 is 1.17 bits per heavy atom. The molecule has 1 N–H and O–H groups in total. The quantitative estimate of drug-likeness (QED) is 0.696. The Hall–Kier alpha value is -2.67. The molecule has 1 aromatic heterocycles. The van der Waals surface area contributed by atoms with Gasteiger partial charge in [0, 0.05) is 26.3 Å². The molecule has 0 aliphatic rings. The van der Waals surface area contributed by atoms with Crippen LogP contribution in [0.5, 0.6) is 5.75 Å². The largest absolute Gasteiger partial charge is 0.492 e. The first-order valence-corrected chi connectivity index (χ1v) is 7.74. The highest BCUT2D eigenvalue weighted by atomic mass is 16.5. The maximum Gasteiger partial charge on any atom is 0.271 e. The van der Waals surface area contributed by atoms with Gasteiger partial charge < -0.3 is 14.8 Å². The Morgan fingerprint density at radius 3 is 2.71 bits per heavy atom. The smallest absolute Gasteiger partial charge is 0.271 e. The molecule has 1 heterocycles. The molecule has 0 saturated heterocycles. The van der Waals surface area contributed by atoms with Crippen molar-refractivity contribution in [2.45, 2.75) is 13.0 Å². The third kappa shape index (κ3) is 5.51. The third-order valence-electron chi connectivity index (χ3n) is 3.23. The summed E-state index contributed by atoms with van der Waals surface area (Å²) < 4.78 is 11.7. The molecule has 1 aromatic carbocycles. The van der Waals surface area contributed by atoms with Gasteiger partial charge in [0.2, 0.25) is 0 Å². The fourth-order valence-electron chi connectivity index (χ4n) is 2.01. The van der Waals surface area contributed by atoms with Crippen LogP contribution < -0.4 is 15.6 Å². The van der Waals surface area contributed by atoms with Gasteiger partial charge in [-0.2, -0.15) is 5.10 Å². The van der Waals surface area contributed by atoms with E-state index < -0.39 is 0 Å². The van der Waals surface area contributed by atoms with Crippen molar-refractivity contribution in [2.75, 3.05) is 26.9 Å². The number of carbonyl (C=O) groups excluding carboxylic acids is 1. The zero-order valence-corrected chi connectivity index (χ0v) is 13.6. The van der Waals surface area contributed by atoms with Crippen molar-refractivity contribution >= 4 is 5.91 Å². The van der Waals surface area contributed by atoms with Crippen LogP contribution in [0.2, 0.25) is 0 Å². The van der Waals surface area contributed by atoms with E-state index in [4.69, 9.17) is 9.47 Å². The van der Waals surface area contributed by atoms with E-state index in [0.29, 0.717) is 19.6 Å². The zero-order chi connectivity index (χ0) is 17.2. The second-order valence-corrected chi connectivity index (χ2v) is 5.04. The molecule has 0 saturated carbocycles. The number of amides is 1. The number of hydrogen-bond acceptors (Lipinski definition) is 5. The second kappa shape index (κ2) is 9.46. The van der Waals surface area contributed by atoms with E-state index >= 15 is 0 Å². The summed E-state index contributed by atoms with van der Waals surface area (Å²) in [7, 11) is 1.61. The Bertz CT molecular complexity index is 700. The molecule has 0 bridgehead atoms. The highest BCUT2D eigenvalue weighted by Crippen LogP contribution is 2.07. The Balaban J connectivity index is 1.90. The Kier molecular flexibility index (Phi) is 6.97. The van der Waals surface area contributed by atoms with Crippen LogP contribution in [0.3, 0.4) is 0 Å². The molecule has 128 valence electrons. The average molecular weight is 331 g/mol. The van der Waals surface area contributed by atoms with Crippen LogP contribution in [-0.2, 0) is 11.3 Å². The summed E-state index contributed by atoms with van der Waals surface area (Å²) in [5, 5.41) is 6.82. The molecular formula is C17H21N3O4. The van der Waals surface area contributed by atoms with E-state index in [9.17, 15) is 9.59 Å². The predicted octanol–water partition coefficient (Wildman–Crippen LogP) is 1.09. The molecule has 0 aliphatic carbocycles. The van der Waals surface area contributed by atoms with Crippen molar-refractivity contribution in [3.05, 3.63) is 58.5 Å². The van der Waals surface area contributed by atoms with Crippen LogP contribution in [-0.4, -0.2) is 42.6 Å². The van der Waals surface area contributed by atoms with Crippen molar-refractivity contribution in [3.63, 3.8) is 0 Å². The van der Waals surface area contributed by atoms with E-state index in [1.807, 2.05) is 30.3 Å². The standard InChI is InChI=1S/C17H21N3O4/c1-23-12-5-10-18-17(22)15-8-9-16(21)20(19-15)11-13-24-14-6-3-2-4-7-14/h2-4,6-9H,5,10-13H2,1H3,(H,18,22). The Morgan fingerprint density at radius 2 is 1.96 bits per heavy atom. The number of aromatic nitrogens is 2. The number of ether oxygens (including phenoxy) is 2. The number of benzene rings is 1. The van der Waals surface area contributed by atoms with Crippen molar-refractivity contribution in [3.8, 4) is 5.75 Å². The van der Waals surface area contributed by atoms with E-state index in [0.717, 1.165) is 5.75 Å². The van der Waals surface area contributed by atoms with Gasteiger partial charge in [0.05, 0.1) is 6.54 Å². The zero-order valence-electron chi connectivity index (χ0n) is 13.6. The summed E-state index contributed by atoms with van der Waals surface area (Å²) >= 11 is 0. The van der Waals surface area contributed by atoms with Crippen molar-refractivity contribution in [1.82, 2.24) is 15.1 Å². The fraction of sp³-hybridized carbons (Fsp3) is 0.353. The maximum absolute atomic E-state index is 12.0. The van der Waals surface area contributed by atoms with E-state index in [-0.39, 0.29) is 30.3 Å². The number of hydrogen-bond donors (Lipinski definition) is 1. The van der Waals surface area contributed by atoms with Crippen LogP contribution in [0.15, 0.2) is 47.3 Å². The van der Waals surface area contributed by atoms with Gasteiger partial charge in [-0.25, -0.2) is 4.68 Å². The summed E-state index contributed by atoms with van der Waals surface area (Å²) in [6.07, 6.45) is 0.715. The molecule has 0 aliphatic heterocycles. The molecule has 0 unspecified atom stereocenters. The van der Waals surface area contributed by atoms with Gasteiger partial charge in [-0.05, 0) is 24.6 Å². The normalized spacial score (nSPS) is 10.4. The molecule has 0 radical (unpaired) electrons. The van der Waals surface area contributed by atoms with Crippen LogP contribution in [0, 0.1) is 0 Å². The average Bonchev–Trinajstić information content (AvgIpc) is 2.61. The second-order valence-electron chi connectivity index (χ2n) is 5.04. The molecule has 7 heteroatoms. The van der Waals surface area contributed by atoms with Gasteiger partial charge in [-0.1, -0.05) is 18.2 Å². The van der Waals surface area contributed by atoms with Crippen molar-refractivity contribution in [1.29, 1.82) is 0 Å². The summed E-state index contributed by atoms with van der Waals surface area (Å²) in [5.74, 6) is 0.404. The molecule has 24 heavy (non-hydrogen) atoms. The lowest BCUT2D eigenvalue weighted by Crippen LogP contribution is -2.31. The van der Waals surface area contributed by atoms with Crippen LogP contribution in [0.4, 0.5) is 0 Å². The molecular weight excluding hydrogens is 310 g/mol. The SMILES string of the molecule is COCCCNC(=O)c1ccc(=O)n(CCOc2ccccc2)n1. The lowest BCUT2D eigenvalue weighted by Gasteiger charge is -2.09. The van der Waals surface area contributed by atoms with E-state index in [2.05, 4.69) is 10.4 Å². The molecule has 0 atom stereocenters. The number of rotatable bonds is 9. The maximum atomic E-state index is 12.0. The topological polar surface area (TPSA) is 82.5 Å². The lowest BCUT2D eigenvalue weighted by atomic mass is 10.3. The highest BCUT2D eigenvalue weighted by Gasteiger charge is 2.09. The minimum Gasteiger partial charge on any atom is -0.492 e. The number of methoxy groups -OCH3 is 1. The van der Waals surface area contributed by atoms with Crippen molar-refractivity contribution < 1.29 is 14.3 Å². The molecule has 0 spiro atoms. The van der Waals surface area contributed by atoms with Gasteiger partial charge in [0.15, 0.2) is 0 Å². The number of nitrogens with one attached hydrogen (secondary N) is 1. The molecule has 0 fully saturated rings. The van der Waals surface area contributed by atoms with Crippen LogP contribution in [0.25, 0.3) is 0 Å². The van der Waals surface area contributed by atoms with Gasteiger partial charge in [-0.15, -0.1) is 0 Å². The number of para-hydroxylation sites is 1. The first kappa shape index (κ1) is 17.7. The van der Waals surface area contributed by atoms with Gasteiger partial charge in [0.1, 0.15) is 18.1 Å². The summed E-state index contributed by atoms with van der Waals surface area (Å²) in [5.41, 5.74) is -0.0747. The van der Waals surface area contributed by atoms with Gasteiger partial charge in [0.25, 0.3) is 11.5 Å². The lowest BCUT2D eigenvalue weighted by molar-refractivity contribution is 0.0940. The van der Waals surface area contributed by atoms with Crippen LogP contribution in [0.1, 0.15) is 16.9 Å². The van der Waals surface area contributed by atoms with Crippen molar-refractivity contribution in [2.24, 2.45) is 0 Å². The molecule has 7 nitrogen and oxygen atoms in total. The number of carbonyl (C=O) groups is 1. The van der Waals surface area contributed by atoms with E-state index in [1.54, 1.807) is 7.11 Å². The third-order valence-corrected chi connectivity index (χ3v) is 3.23. The van der Waals surface area contributed by atoms with Gasteiger partial charge >= 0.3 is 0 Å². The van der Waals surface area contributed by atoms with E-state index in [1.165, 1.54) is 16.8 Å². The summed E-state index contributed by atoms with van der Waals surface area (Å²) in [6, 6.07) is 12.1. The minimum absolute atomic E-state index is 0.201. The summed E-state index contributed by atoms with van der Waals surface area (Å²) in [4.78, 5) is 23.8. The molecule has 2 aromatic rings. The fourth-order valence-corrected chi connectivity index (χ4v) is 2.01.